The number of imidazole rings is 1. The number of hydrogen-bond acceptors (Lipinski definition) is 2. The summed E-state index contributed by atoms with van der Waals surface area (Å²) in [6, 6.07) is 6.60. The first-order valence-electron chi connectivity index (χ1n) is 5.76. The molecule has 4 heteroatoms. The summed E-state index contributed by atoms with van der Waals surface area (Å²) in [4.78, 5) is 4.40. The monoisotopic (exact) mass is 291 g/mol. The van der Waals surface area contributed by atoms with Crippen molar-refractivity contribution in [3.05, 3.63) is 33.9 Å². The number of aryl methyl sites for hydroxylation is 2. The summed E-state index contributed by atoms with van der Waals surface area (Å²) in [7, 11) is 1.91. The molecule has 0 atom stereocenters. The second-order valence-corrected chi connectivity index (χ2v) is 5.26. The zero-order valence-corrected chi connectivity index (χ0v) is 11.3. The van der Waals surface area contributed by atoms with Gasteiger partial charge >= 0.3 is 0 Å². The van der Waals surface area contributed by atoms with Gasteiger partial charge in [-0.3, -0.25) is 0 Å². The molecule has 0 saturated heterocycles. The highest BCUT2D eigenvalue weighted by molar-refractivity contribution is 9.10. The molecule has 1 aliphatic carbocycles. The van der Waals surface area contributed by atoms with Gasteiger partial charge in [-0.25, -0.2) is 4.98 Å². The Morgan fingerprint density at radius 3 is 2.76 bits per heavy atom. The minimum Gasteiger partial charge on any atom is -0.369 e. The Hall–Kier alpha value is -1.29. The van der Waals surface area contributed by atoms with Crippen LogP contribution < -0.4 is 5.73 Å². The molecule has 0 saturated carbocycles. The number of fused-ring (bicyclic) bond motifs is 1. The maximum atomic E-state index is 5.81. The fourth-order valence-electron chi connectivity index (χ4n) is 2.40. The van der Waals surface area contributed by atoms with E-state index >= 15 is 0 Å². The molecular formula is C13H14BrN3. The Balaban J connectivity index is 2.12. The molecule has 1 aromatic heterocycles. The van der Waals surface area contributed by atoms with Gasteiger partial charge in [-0.1, -0.05) is 12.1 Å². The minimum absolute atomic E-state index is 0.535. The van der Waals surface area contributed by atoms with Gasteiger partial charge in [-0.05, 0) is 52.4 Å². The van der Waals surface area contributed by atoms with Crippen molar-refractivity contribution in [2.24, 2.45) is 7.05 Å². The van der Waals surface area contributed by atoms with Crippen LogP contribution in [0.4, 0.5) is 5.95 Å². The van der Waals surface area contributed by atoms with Crippen LogP contribution >= 0.6 is 15.9 Å². The number of anilines is 1. The second kappa shape index (κ2) is 3.88. The molecule has 0 bridgehead atoms. The fourth-order valence-corrected chi connectivity index (χ4v) is 2.90. The third-order valence-electron chi connectivity index (χ3n) is 3.43. The number of nitrogens with zero attached hydrogens (tertiary/aromatic N) is 2. The molecular weight excluding hydrogens is 278 g/mol. The second-order valence-electron chi connectivity index (χ2n) is 4.51. The normalized spacial score (nSPS) is 14.0. The molecule has 3 rings (SSSR count). The summed E-state index contributed by atoms with van der Waals surface area (Å²) in [5, 5.41) is 0. The summed E-state index contributed by atoms with van der Waals surface area (Å²) in [5.41, 5.74) is 10.8. The fraction of sp³-hybridized carbons (Fsp3) is 0.308. The zero-order valence-electron chi connectivity index (χ0n) is 9.70. The molecule has 17 heavy (non-hydrogen) atoms. The van der Waals surface area contributed by atoms with E-state index in [4.69, 9.17) is 5.73 Å². The van der Waals surface area contributed by atoms with E-state index < -0.39 is 0 Å². The molecule has 1 heterocycles. The maximum Gasteiger partial charge on any atom is 0.201 e. The summed E-state index contributed by atoms with van der Waals surface area (Å²) < 4.78 is 2.79. The minimum atomic E-state index is 0.535. The summed E-state index contributed by atoms with van der Waals surface area (Å²) in [5.74, 6) is 0.535. The van der Waals surface area contributed by atoms with Crippen LogP contribution in [-0.2, 0) is 19.9 Å². The highest BCUT2D eigenvalue weighted by atomic mass is 79.9. The SMILES string of the molecule is Cn1c(N)nc(-c2ccc3c(c2)CCC3)c1Br. The number of benzene rings is 1. The lowest BCUT2D eigenvalue weighted by Gasteiger charge is -2.03. The lowest BCUT2D eigenvalue weighted by Crippen LogP contribution is -1.96. The summed E-state index contributed by atoms with van der Waals surface area (Å²) in [6.07, 6.45) is 3.66. The Morgan fingerprint density at radius 2 is 2.06 bits per heavy atom. The summed E-state index contributed by atoms with van der Waals surface area (Å²) in [6.45, 7) is 0. The van der Waals surface area contributed by atoms with Crippen molar-refractivity contribution in [1.29, 1.82) is 0 Å². The van der Waals surface area contributed by atoms with E-state index in [2.05, 4.69) is 39.1 Å². The van der Waals surface area contributed by atoms with Crippen molar-refractivity contribution in [1.82, 2.24) is 9.55 Å². The van der Waals surface area contributed by atoms with Gasteiger partial charge < -0.3 is 10.3 Å². The van der Waals surface area contributed by atoms with Crippen LogP contribution in [0, 0.1) is 0 Å². The van der Waals surface area contributed by atoms with E-state index in [9.17, 15) is 0 Å². The maximum absolute atomic E-state index is 5.81. The van der Waals surface area contributed by atoms with E-state index in [-0.39, 0.29) is 0 Å². The third kappa shape index (κ3) is 1.67. The molecule has 1 aliphatic rings. The van der Waals surface area contributed by atoms with Gasteiger partial charge in [0.25, 0.3) is 0 Å². The zero-order chi connectivity index (χ0) is 12.0. The van der Waals surface area contributed by atoms with Crippen LogP contribution in [0.3, 0.4) is 0 Å². The van der Waals surface area contributed by atoms with Gasteiger partial charge in [-0.15, -0.1) is 0 Å². The Kier molecular flexibility index (Phi) is 2.47. The third-order valence-corrected chi connectivity index (χ3v) is 4.34. The number of nitrogens with two attached hydrogens (primary N) is 1. The number of aromatic nitrogens is 2. The Bertz CT molecular complexity index is 587. The van der Waals surface area contributed by atoms with E-state index in [0.29, 0.717) is 5.95 Å². The van der Waals surface area contributed by atoms with Gasteiger partial charge in [0, 0.05) is 12.6 Å². The highest BCUT2D eigenvalue weighted by Gasteiger charge is 2.16. The van der Waals surface area contributed by atoms with E-state index in [0.717, 1.165) is 15.9 Å². The molecule has 88 valence electrons. The number of halogens is 1. The van der Waals surface area contributed by atoms with Gasteiger partial charge in [0.2, 0.25) is 5.95 Å². The van der Waals surface area contributed by atoms with Crippen LogP contribution in [0.15, 0.2) is 22.8 Å². The summed E-state index contributed by atoms with van der Waals surface area (Å²) >= 11 is 3.54. The standard InChI is InChI=1S/C13H14BrN3/c1-17-12(14)11(16-13(17)15)10-6-5-8-3-2-4-9(8)7-10/h5-7H,2-4H2,1H3,(H2,15,16). The van der Waals surface area contributed by atoms with Crippen molar-refractivity contribution in [3.63, 3.8) is 0 Å². The van der Waals surface area contributed by atoms with Crippen molar-refractivity contribution in [3.8, 4) is 11.3 Å². The molecule has 3 nitrogen and oxygen atoms in total. The van der Waals surface area contributed by atoms with Crippen LogP contribution in [0.5, 0.6) is 0 Å². The largest absolute Gasteiger partial charge is 0.369 e. The lowest BCUT2D eigenvalue weighted by atomic mass is 10.0. The molecule has 0 aliphatic heterocycles. The molecule has 0 amide bonds. The lowest BCUT2D eigenvalue weighted by molar-refractivity contribution is 0.907. The average Bonchev–Trinajstić information content (AvgIpc) is 2.89. The van der Waals surface area contributed by atoms with Crippen molar-refractivity contribution in [2.45, 2.75) is 19.3 Å². The molecule has 2 aromatic rings. The predicted octanol–water partition coefficient (Wildman–Crippen LogP) is 2.92. The first-order valence-corrected chi connectivity index (χ1v) is 6.56. The van der Waals surface area contributed by atoms with E-state index in [1.165, 1.54) is 30.4 Å². The van der Waals surface area contributed by atoms with Crippen LogP contribution in [-0.4, -0.2) is 9.55 Å². The Morgan fingerprint density at radius 1 is 1.29 bits per heavy atom. The first-order chi connectivity index (χ1) is 8.16. The van der Waals surface area contributed by atoms with Gasteiger partial charge in [0.05, 0.1) is 0 Å². The van der Waals surface area contributed by atoms with Gasteiger partial charge in [-0.2, -0.15) is 0 Å². The van der Waals surface area contributed by atoms with E-state index in [1.807, 2.05) is 11.6 Å². The molecule has 2 N–H and O–H groups in total. The topological polar surface area (TPSA) is 43.8 Å². The van der Waals surface area contributed by atoms with Gasteiger partial charge in [0.1, 0.15) is 10.3 Å². The molecule has 0 radical (unpaired) electrons. The average molecular weight is 292 g/mol. The van der Waals surface area contributed by atoms with Gasteiger partial charge in [0.15, 0.2) is 0 Å². The number of rotatable bonds is 1. The smallest absolute Gasteiger partial charge is 0.201 e. The van der Waals surface area contributed by atoms with Crippen molar-refractivity contribution in [2.75, 3.05) is 5.73 Å². The number of nitrogen functional groups attached to an aromatic ring is 1. The van der Waals surface area contributed by atoms with Crippen LogP contribution in [0.1, 0.15) is 17.5 Å². The quantitative estimate of drug-likeness (QED) is 0.878. The van der Waals surface area contributed by atoms with Crippen LogP contribution in [0.2, 0.25) is 0 Å². The molecule has 0 fully saturated rings. The highest BCUT2D eigenvalue weighted by Crippen LogP contribution is 2.32. The Labute approximate surface area is 109 Å². The predicted molar refractivity (Wildman–Crippen MR) is 72.8 cm³/mol. The molecule has 1 aromatic carbocycles. The number of hydrogen-bond donors (Lipinski definition) is 1. The first kappa shape index (κ1) is 10.8. The van der Waals surface area contributed by atoms with Crippen LogP contribution in [0.25, 0.3) is 11.3 Å². The molecule has 0 spiro atoms. The molecule has 0 unspecified atom stereocenters. The van der Waals surface area contributed by atoms with E-state index in [1.54, 1.807) is 0 Å². The van der Waals surface area contributed by atoms with Crippen molar-refractivity contribution < 1.29 is 0 Å². The van der Waals surface area contributed by atoms with Crippen molar-refractivity contribution >= 4 is 21.9 Å².